The van der Waals surface area contributed by atoms with E-state index in [4.69, 9.17) is 13.9 Å². The van der Waals surface area contributed by atoms with E-state index in [9.17, 15) is 9.59 Å². The highest BCUT2D eigenvalue weighted by Crippen LogP contribution is 2.26. The predicted molar refractivity (Wildman–Crippen MR) is 112 cm³/mol. The number of carbonyl (C=O) groups is 2. The molecule has 6 nitrogen and oxygen atoms in total. The molecule has 3 aromatic rings. The van der Waals surface area contributed by atoms with Crippen molar-refractivity contribution < 1.29 is 23.5 Å². The van der Waals surface area contributed by atoms with Crippen LogP contribution in [0.15, 0.2) is 75.8 Å². The van der Waals surface area contributed by atoms with Crippen LogP contribution in [-0.4, -0.2) is 24.4 Å². The Morgan fingerprint density at radius 1 is 1.07 bits per heavy atom. The normalized spacial score (nSPS) is 14.5. The van der Waals surface area contributed by atoms with Gasteiger partial charge in [0.2, 0.25) is 5.90 Å². The van der Waals surface area contributed by atoms with Crippen LogP contribution in [0.25, 0.3) is 17.4 Å². The number of aryl methyl sites for hydroxylation is 1. The summed E-state index contributed by atoms with van der Waals surface area (Å²) in [6, 6.07) is 18.0. The van der Waals surface area contributed by atoms with E-state index < -0.39 is 5.97 Å². The summed E-state index contributed by atoms with van der Waals surface area (Å²) in [5.74, 6) is 0.461. The van der Waals surface area contributed by atoms with Crippen LogP contribution in [0.3, 0.4) is 0 Å². The maximum Gasteiger partial charge on any atom is 0.363 e. The second-order valence-electron chi connectivity index (χ2n) is 6.71. The first-order chi connectivity index (χ1) is 14.5. The Morgan fingerprint density at radius 3 is 2.60 bits per heavy atom. The number of rotatable bonds is 5. The first kappa shape index (κ1) is 19.4. The zero-order valence-electron chi connectivity index (χ0n) is 16.5. The van der Waals surface area contributed by atoms with Gasteiger partial charge in [0.1, 0.15) is 11.5 Å². The second kappa shape index (κ2) is 8.21. The van der Waals surface area contributed by atoms with Crippen LogP contribution in [0.4, 0.5) is 0 Å². The molecule has 4 rings (SSSR count). The summed E-state index contributed by atoms with van der Waals surface area (Å²) in [4.78, 5) is 28.2. The SMILES string of the molecule is CCOC(=O)c1ccc(-c2ccc(/C=C3/N=C(c4cccc(C)c4)OC3=O)o2)cc1. The van der Waals surface area contributed by atoms with E-state index in [2.05, 4.69) is 4.99 Å². The minimum absolute atomic E-state index is 0.171. The number of aliphatic imine (C=N–C) groups is 1. The lowest BCUT2D eigenvalue weighted by atomic mass is 10.1. The Balaban J connectivity index is 1.55. The van der Waals surface area contributed by atoms with Crippen molar-refractivity contribution in [2.45, 2.75) is 13.8 Å². The van der Waals surface area contributed by atoms with E-state index in [0.29, 0.717) is 23.7 Å². The van der Waals surface area contributed by atoms with Crippen LogP contribution in [0.1, 0.15) is 34.2 Å². The van der Waals surface area contributed by atoms with E-state index in [1.54, 1.807) is 49.4 Å². The zero-order chi connectivity index (χ0) is 21.1. The van der Waals surface area contributed by atoms with Crippen LogP contribution in [-0.2, 0) is 14.3 Å². The minimum Gasteiger partial charge on any atom is -0.462 e. The van der Waals surface area contributed by atoms with Gasteiger partial charge in [-0.1, -0.05) is 29.8 Å². The molecule has 0 spiro atoms. The Kier molecular flexibility index (Phi) is 5.30. The topological polar surface area (TPSA) is 78.1 Å². The number of furan rings is 1. The average Bonchev–Trinajstić information content (AvgIpc) is 3.36. The molecule has 2 heterocycles. The van der Waals surface area contributed by atoms with E-state index >= 15 is 0 Å². The molecule has 0 unspecified atom stereocenters. The van der Waals surface area contributed by atoms with Gasteiger partial charge in [0.15, 0.2) is 5.70 Å². The molecule has 0 aliphatic carbocycles. The molecular formula is C24H19NO5. The predicted octanol–water partition coefficient (Wildman–Crippen LogP) is 4.78. The van der Waals surface area contributed by atoms with Gasteiger partial charge in [-0.25, -0.2) is 14.6 Å². The van der Waals surface area contributed by atoms with Crippen molar-refractivity contribution in [3.05, 3.63) is 88.8 Å². The Morgan fingerprint density at radius 2 is 1.87 bits per heavy atom. The van der Waals surface area contributed by atoms with E-state index in [1.807, 2.05) is 31.2 Å². The van der Waals surface area contributed by atoms with Gasteiger partial charge >= 0.3 is 11.9 Å². The molecule has 1 aliphatic rings. The fourth-order valence-corrected chi connectivity index (χ4v) is 3.02. The number of hydrogen-bond donors (Lipinski definition) is 0. The first-order valence-corrected chi connectivity index (χ1v) is 9.50. The van der Waals surface area contributed by atoms with Gasteiger partial charge in [-0.3, -0.25) is 0 Å². The lowest BCUT2D eigenvalue weighted by molar-refractivity contribution is -0.129. The summed E-state index contributed by atoms with van der Waals surface area (Å²) in [6.45, 7) is 4.05. The Hall–Kier alpha value is -3.93. The van der Waals surface area contributed by atoms with Crippen molar-refractivity contribution in [1.29, 1.82) is 0 Å². The van der Waals surface area contributed by atoms with Crippen molar-refractivity contribution in [2.24, 2.45) is 4.99 Å². The fraction of sp³-hybridized carbons (Fsp3) is 0.125. The molecule has 150 valence electrons. The fourth-order valence-electron chi connectivity index (χ4n) is 3.02. The molecule has 0 fully saturated rings. The maximum absolute atomic E-state index is 12.2. The van der Waals surface area contributed by atoms with Crippen molar-refractivity contribution in [1.82, 2.24) is 0 Å². The second-order valence-corrected chi connectivity index (χ2v) is 6.71. The van der Waals surface area contributed by atoms with Gasteiger partial charge in [-0.15, -0.1) is 0 Å². The zero-order valence-corrected chi connectivity index (χ0v) is 16.5. The number of ether oxygens (including phenoxy) is 2. The average molecular weight is 401 g/mol. The van der Waals surface area contributed by atoms with Crippen molar-refractivity contribution in [3.63, 3.8) is 0 Å². The number of hydrogen-bond acceptors (Lipinski definition) is 6. The molecule has 2 aromatic carbocycles. The number of carbonyl (C=O) groups excluding carboxylic acids is 2. The molecule has 0 radical (unpaired) electrons. The summed E-state index contributed by atoms with van der Waals surface area (Å²) in [7, 11) is 0. The molecule has 0 N–H and O–H groups in total. The van der Waals surface area contributed by atoms with Crippen molar-refractivity contribution in [3.8, 4) is 11.3 Å². The summed E-state index contributed by atoms with van der Waals surface area (Å²) in [5.41, 5.74) is 3.24. The highest BCUT2D eigenvalue weighted by molar-refractivity contribution is 6.12. The van der Waals surface area contributed by atoms with E-state index in [-0.39, 0.29) is 17.6 Å². The molecule has 0 saturated carbocycles. The van der Waals surface area contributed by atoms with E-state index in [0.717, 1.165) is 16.7 Å². The van der Waals surface area contributed by atoms with Crippen LogP contribution >= 0.6 is 0 Å². The molecule has 0 amide bonds. The summed E-state index contributed by atoms with van der Waals surface area (Å²) in [5, 5.41) is 0. The van der Waals surface area contributed by atoms with Crippen LogP contribution < -0.4 is 0 Å². The highest BCUT2D eigenvalue weighted by Gasteiger charge is 2.24. The third-order valence-electron chi connectivity index (χ3n) is 4.47. The number of esters is 2. The number of cyclic esters (lactones) is 1. The molecule has 0 bridgehead atoms. The van der Waals surface area contributed by atoms with Crippen LogP contribution in [0.5, 0.6) is 0 Å². The van der Waals surface area contributed by atoms with Gasteiger partial charge < -0.3 is 13.9 Å². The van der Waals surface area contributed by atoms with Crippen molar-refractivity contribution in [2.75, 3.05) is 6.61 Å². The smallest absolute Gasteiger partial charge is 0.363 e. The van der Waals surface area contributed by atoms with E-state index in [1.165, 1.54) is 0 Å². The van der Waals surface area contributed by atoms with Crippen molar-refractivity contribution >= 4 is 23.9 Å². The van der Waals surface area contributed by atoms with Gasteiger partial charge in [-0.2, -0.15) is 0 Å². The molecule has 1 aromatic heterocycles. The minimum atomic E-state index is -0.525. The summed E-state index contributed by atoms with van der Waals surface area (Å²) >= 11 is 0. The summed E-state index contributed by atoms with van der Waals surface area (Å²) < 4.78 is 16.1. The standard InChI is InChI=1S/C24H19NO5/c1-3-28-23(26)17-9-7-16(8-10-17)21-12-11-19(29-21)14-20-24(27)30-22(25-20)18-6-4-5-15(2)13-18/h4-14H,3H2,1-2H3/b20-14+. The first-order valence-electron chi connectivity index (χ1n) is 9.50. The summed E-state index contributed by atoms with van der Waals surface area (Å²) in [6.07, 6.45) is 1.54. The highest BCUT2D eigenvalue weighted by atomic mass is 16.6. The van der Waals surface area contributed by atoms with Crippen LogP contribution in [0, 0.1) is 6.92 Å². The molecule has 6 heteroatoms. The van der Waals surface area contributed by atoms with Gasteiger partial charge in [0.05, 0.1) is 12.2 Å². The molecule has 30 heavy (non-hydrogen) atoms. The number of benzene rings is 2. The third-order valence-corrected chi connectivity index (χ3v) is 4.47. The lowest BCUT2D eigenvalue weighted by Gasteiger charge is -2.02. The molecule has 0 atom stereocenters. The molecule has 1 aliphatic heterocycles. The molecule has 0 saturated heterocycles. The van der Waals surface area contributed by atoms with Gasteiger partial charge in [-0.05, 0) is 50.2 Å². The largest absolute Gasteiger partial charge is 0.462 e. The monoisotopic (exact) mass is 401 g/mol. The maximum atomic E-state index is 12.2. The Labute approximate surface area is 173 Å². The van der Waals surface area contributed by atoms with Gasteiger partial charge in [0, 0.05) is 17.2 Å². The number of nitrogens with zero attached hydrogens (tertiary/aromatic N) is 1. The molecular weight excluding hydrogens is 382 g/mol. The third kappa shape index (κ3) is 4.07. The quantitative estimate of drug-likeness (QED) is 0.454. The van der Waals surface area contributed by atoms with Gasteiger partial charge in [0.25, 0.3) is 0 Å². The lowest BCUT2D eigenvalue weighted by Crippen LogP contribution is -2.05. The Bertz CT molecular complexity index is 1170. The van der Waals surface area contributed by atoms with Crippen LogP contribution in [0.2, 0.25) is 0 Å².